The van der Waals surface area contributed by atoms with Gasteiger partial charge in [0.1, 0.15) is 11.5 Å². The summed E-state index contributed by atoms with van der Waals surface area (Å²) in [6, 6.07) is 1.83. The predicted molar refractivity (Wildman–Crippen MR) is 78.3 cm³/mol. The molecule has 3 N–H and O–H groups in total. The Bertz CT molecular complexity index is 641. The monoisotopic (exact) mass is 290 g/mol. The van der Waals surface area contributed by atoms with E-state index in [2.05, 4.69) is 32.2 Å². The number of nitrogens with one attached hydrogen (secondary N) is 1. The minimum Gasteiger partial charge on any atom is -0.369 e. The van der Waals surface area contributed by atoms with Crippen LogP contribution in [0.1, 0.15) is 19.8 Å². The maximum absolute atomic E-state index is 6.06. The molecule has 7 heteroatoms. The summed E-state index contributed by atoms with van der Waals surface area (Å²) >= 11 is 6.06. The fourth-order valence-corrected chi connectivity index (χ4v) is 1.98. The van der Waals surface area contributed by atoms with E-state index in [-0.39, 0.29) is 5.95 Å². The third-order valence-electron chi connectivity index (χ3n) is 3.43. The predicted octanol–water partition coefficient (Wildman–Crippen LogP) is 2.38. The lowest BCUT2D eigenvalue weighted by Gasteiger charge is -2.11. The van der Waals surface area contributed by atoms with Gasteiger partial charge in [-0.15, -0.1) is 0 Å². The molecule has 1 saturated carbocycles. The Balaban J connectivity index is 1.84. The molecule has 2 aromatic heterocycles. The van der Waals surface area contributed by atoms with E-state index in [4.69, 9.17) is 17.3 Å². The van der Waals surface area contributed by atoms with Crippen molar-refractivity contribution >= 4 is 23.4 Å². The number of nitrogens with two attached hydrogens (primary N) is 1. The van der Waals surface area contributed by atoms with E-state index in [9.17, 15) is 0 Å². The Kier molecular flexibility index (Phi) is 3.17. The third-order valence-corrected chi connectivity index (χ3v) is 3.71. The van der Waals surface area contributed by atoms with E-state index in [1.807, 2.05) is 6.07 Å². The van der Waals surface area contributed by atoms with Crippen molar-refractivity contribution < 1.29 is 0 Å². The molecular formula is C13H15ClN6. The molecule has 1 fully saturated rings. The molecule has 0 atom stereocenters. The van der Waals surface area contributed by atoms with Crippen LogP contribution in [0.3, 0.4) is 0 Å². The molecule has 0 radical (unpaired) electrons. The van der Waals surface area contributed by atoms with E-state index in [1.54, 1.807) is 6.20 Å². The average molecular weight is 291 g/mol. The number of nitrogens with zero attached hydrogens (tertiary/aromatic N) is 4. The van der Waals surface area contributed by atoms with Crippen molar-refractivity contribution in [3.05, 3.63) is 23.5 Å². The largest absolute Gasteiger partial charge is 0.369 e. The zero-order valence-electron chi connectivity index (χ0n) is 11.1. The van der Waals surface area contributed by atoms with E-state index in [1.165, 1.54) is 19.0 Å². The SMILES string of the molecule is CC1(CNc2ccnc(-c3nc(N)ncc3Cl)n2)CC1. The second-order valence-electron chi connectivity index (χ2n) is 5.35. The highest BCUT2D eigenvalue weighted by Gasteiger charge is 2.36. The average Bonchev–Trinajstić information content (AvgIpc) is 3.18. The summed E-state index contributed by atoms with van der Waals surface area (Å²) in [5.41, 5.74) is 6.42. The first-order chi connectivity index (χ1) is 9.56. The quantitative estimate of drug-likeness (QED) is 0.898. The van der Waals surface area contributed by atoms with E-state index < -0.39 is 0 Å². The summed E-state index contributed by atoms with van der Waals surface area (Å²) in [4.78, 5) is 16.5. The second kappa shape index (κ2) is 4.86. The van der Waals surface area contributed by atoms with Crippen molar-refractivity contribution in [2.75, 3.05) is 17.6 Å². The summed E-state index contributed by atoms with van der Waals surface area (Å²) in [7, 11) is 0. The van der Waals surface area contributed by atoms with Gasteiger partial charge in [0.25, 0.3) is 0 Å². The molecule has 0 unspecified atom stereocenters. The summed E-state index contributed by atoms with van der Waals surface area (Å²) in [5.74, 6) is 1.35. The number of anilines is 2. The standard InChI is InChI=1S/C13H15ClN6/c1-13(3-4-13)7-18-9-2-5-16-11(19-9)10-8(14)6-17-12(15)20-10/h2,5-6H,3-4,7H2,1H3,(H2,15,17,20)(H,16,18,19). The van der Waals surface area contributed by atoms with Crippen LogP contribution < -0.4 is 11.1 Å². The van der Waals surface area contributed by atoms with Crippen molar-refractivity contribution in [2.45, 2.75) is 19.8 Å². The first-order valence-corrected chi connectivity index (χ1v) is 6.79. The van der Waals surface area contributed by atoms with Gasteiger partial charge in [-0.3, -0.25) is 0 Å². The summed E-state index contributed by atoms with van der Waals surface area (Å²) in [5, 5.41) is 3.70. The van der Waals surface area contributed by atoms with Gasteiger partial charge < -0.3 is 11.1 Å². The van der Waals surface area contributed by atoms with Gasteiger partial charge >= 0.3 is 0 Å². The maximum atomic E-state index is 6.06. The fraction of sp³-hybridized carbons (Fsp3) is 0.385. The molecule has 104 valence electrons. The van der Waals surface area contributed by atoms with Crippen LogP contribution in [0, 0.1) is 5.41 Å². The van der Waals surface area contributed by atoms with Crippen LogP contribution in [0.4, 0.5) is 11.8 Å². The zero-order chi connectivity index (χ0) is 14.2. The molecular weight excluding hydrogens is 276 g/mol. The highest BCUT2D eigenvalue weighted by Crippen LogP contribution is 2.44. The minimum atomic E-state index is 0.150. The Morgan fingerprint density at radius 3 is 2.90 bits per heavy atom. The van der Waals surface area contributed by atoms with Crippen molar-refractivity contribution in [3.8, 4) is 11.5 Å². The molecule has 0 bridgehead atoms. The molecule has 3 rings (SSSR count). The van der Waals surface area contributed by atoms with Crippen molar-refractivity contribution in [1.82, 2.24) is 19.9 Å². The zero-order valence-corrected chi connectivity index (χ0v) is 11.9. The lowest BCUT2D eigenvalue weighted by molar-refractivity contribution is 0.609. The Morgan fingerprint density at radius 1 is 1.35 bits per heavy atom. The van der Waals surface area contributed by atoms with Crippen LogP contribution in [0.5, 0.6) is 0 Å². The normalized spacial score (nSPS) is 15.9. The Labute approximate surface area is 121 Å². The maximum Gasteiger partial charge on any atom is 0.220 e. The highest BCUT2D eigenvalue weighted by atomic mass is 35.5. The summed E-state index contributed by atoms with van der Waals surface area (Å²) < 4.78 is 0. The van der Waals surface area contributed by atoms with Crippen LogP contribution in [0.2, 0.25) is 5.02 Å². The molecule has 1 aliphatic rings. The lowest BCUT2D eigenvalue weighted by Crippen LogP contribution is -2.13. The van der Waals surface area contributed by atoms with Crippen LogP contribution in [-0.4, -0.2) is 26.5 Å². The highest BCUT2D eigenvalue weighted by molar-refractivity contribution is 6.32. The van der Waals surface area contributed by atoms with E-state index in [0.29, 0.717) is 22.0 Å². The lowest BCUT2D eigenvalue weighted by atomic mass is 10.1. The summed E-state index contributed by atoms with van der Waals surface area (Å²) in [6.07, 6.45) is 5.64. The third kappa shape index (κ3) is 2.80. The van der Waals surface area contributed by atoms with Gasteiger partial charge in [-0.1, -0.05) is 18.5 Å². The van der Waals surface area contributed by atoms with E-state index >= 15 is 0 Å². The molecule has 0 aromatic carbocycles. The molecule has 20 heavy (non-hydrogen) atoms. The van der Waals surface area contributed by atoms with Crippen LogP contribution in [-0.2, 0) is 0 Å². The molecule has 1 aliphatic carbocycles. The van der Waals surface area contributed by atoms with Crippen molar-refractivity contribution in [3.63, 3.8) is 0 Å². The summed E-state index contributed by atoms with van der Waals surface area (Å²) in [6.45, 7) is 3.16. The van der Waals surface area contributed by atoms with Crippen LogP contribution in [0.25, 0.3) is 11.5 Å². The molecule has 2 aromatic rings. The van der Waals surface area contributed by atoms with Gasteiger partial charge in [-0.25, -0.2) is 19.9 Å². The fourth-order valence-electron chi connectivity index (χ4n) is 1.80. The van der Waals surface area contributed by atoms with Gasteiger partial charge in [0.2, 0.25) is 5.95 Å². The topological polar surface area (TPSA) is 89.6 Å². The van der Waals surface area contributed by atoms with Crippen LogP contribution in [0.15, 0.2) is 18.5 Å². The molecule has 0 saturated heterocycles. The Morgan fingerprint density at radius 2 is 2.15 bits per heavy atom. The van der Waals surface area contributed by atoms with Gasteiger partial charge in [-0.2, -0.15) is 0 Å². The van der Waals surface area contributed by atoms with E-state index in [0.717, 1.165) is 12.4 Å². The van der Waals surface area contributed by atoms with Crippen molar-refractivity contribution in [2.24, 2.45) is 5.41 Å². The number of hydrogen-bond donors (Lipinski definition) is 2. The molecule has 6 nitrogen and oxygen atoms in total. The van der Waals surface area contributed by atoms with Gasteiger partial charge in [-0.05, 0) is 24.3 Å². The minimum absolute atomic E-state index is 0.150. The number of rotatable bonds is 4. The number of halogens is 1. The molecule has 0 aliphatic heterocycles. The van der Waals surface area contributed by atoms with Crippen LogP contribution >= 0.6 is 11.6 Å². The van der Waals surface area contributed by atoms with Gasteiger partial charge in [0, 0.05) is 12.7 Å². The number of nitrogen functional groups attached to an aromatic ring is 1. The molecule has 0 amide bonds. The van der Waals surface area contributed by atoms with Gasteiger partial charge in [0.15, 0.2) is 5.82 Å². The number of aromatic nitrogens is 4. The first kappa shape index (κ1) is 13.1. The smallest absolute Gasteiger partial charge is 0.220 e. The molecule has 0 spiro atoms. The number of hydrogen-bond acceptors (Lipinski definition) is 6. The van der Waals surface area contributed by atoms with Crippen molar-refractivity contribution in [1.29, 1.82) is 0 Å². The molecule has 2 heterocycles. The first-order valence-electron chi connectivity index (χ1n) is 6.41. The second-order valence-corrected chi connectivity index (χ2v) is 5.76. The van der Waals surface area contributed by atoms with Gasteiger partial charge in [0.05, 0.1) is 11.2 Å². The Hall–Kier alpha value is -1.95.